The largest absolute Gasteiger partial charge is 0.507 e. The van der Waals surface area contributed by atoms with Crippen molar-refractivity contribution >= 4 is 29.0 Å². The molecule has 3 N–H and O–H groups in total. The summed E-state index contributed by atoms with van der Waals surface area (Å²) in [7, 11) is 0. The van der Waals surface area contributed by atoms with E-state index in [1.54, 1.807) is 16.2 Å². The number of hydrogen-bond acceptors (Lipinski definition) is 6. The first kappa shape index (κ1) is 33.0. The van der Waals surface area contributed by atoms with Gasteiger partial charge in [0, 0.05) is 23.1 Å². The number of hydrogen-bond donors (Lipinski definition) is 2. The molecule has 0 radical (unpaired) electrons. The van der Waals surface area contributed by atoms with Gasteiger partial charge in [-0.05, 0) is 72.9 Å². The summed E-state index contributed by atoms with van der Waals surface area (Å²) in [6, 6.07) is 15.5. The van der Waals surface area contributed by atoms with Gasteiger partial charge in [-0.1, -0.05) is 59.7 Å². The van der Waals surface area contributed by atoms with Gasteiger partial charge in [-0.15, -0.1) is 11.3 Å². The molecule has 8 heteroatoms. The molecule has 0 atom stereocenters. The molecule has 7 nitrogen and oxygen atoms in total. The summed E-state index contributed by atoms with van der Waals surface area (Å²) in [6.07, 6.45) is 0.205. The quantitative estimate of drug-likeness (QED) is 0.194. The van der Waals surface area contributed by atoms with Crippen molar-refractivity contribution in [2.24, 2.45) is 10.7 Å². The number of amidine groups is 1. The minimum Gasteiger partial charge on any atom is -0.507 e. The number of amides is 1. The first-order valence-corrected chi connectivity index (χ1v) is 15.3. The molecule has 3 rings (SSSR count). The average Bonchev–Trinajstić information content (AvgIpc) is 3.41. The van der Waals surface area contributed by atoms with E-state index < -0.39 is 5.54 Å². The van der Waals surface area contributed by atoms with Crippen LogP contribution in [-0.2, 0) is 22.0 Å². The van der Waals surface area contributed by atoms with E-state index in [4.69, 9.17) is 15.2 Å². The van der Waals surface area contributed by atoms with Gasteiger partial charge in [0.25, 0.3) is 0 Å². The number of ether oxygens (including phenoxy) is 2. The van der Waals surface area contributed by atoms with Gasteiger partial charge < -0.3 is 20.3 Å². The fourth-order valence-corrected chi connectivity index (χ4v) is 5.11. The van der Waals surface area contributed by atoms with Gasteiger partial charge in [0.1, 0.15) is 23.9 Å². The van der Waals surface area contributed by atoms with Crippen molar-refractivity contribution in [3.05, 3.63) is 75.5 Å². The lowest BCUT2D eigenvalue weighted by molar-refractivity contribution is 0.0608. The van der Waals surface area contributed by atoms with E-state index in [1.165, 1.54) is 0 Å². The molecule has 3 aromatic rings. The molecule has 42 heavy (non-hydrogen) atoms. The number of rotatable bonds is 9. The molecule has 0 bridgehead atoms. The van der Waals surface area contributed by atoms with Crippen molar-refractivity contribution < 1.29 is 19.4 Å². The van der Waals surface area contributed by atoms with Crippen LogP contribution in [0.3, 0.4) is 0 Å². The standard InChI is InChI=1S/C34H47N3O4S/c1-32(2,3)26-21-25(22-27(29(26)38)33(4,5)6)40-19-17-37(34(7,8)9)31(39)41-18-16-23-12-14-24(15-13-23)36-30(35)28-11-10-20-42-28/h10-15,20-22,38H,16-19H2,1-9H3,(H2,35,36). The monoisotopic (exact) mass is 593 g/mol. The Morgan fingerprint density at radius 1 is 0.929 bits per heavy atom. The molecule has 1 amide bonds. The first-order valence-electron chi connectivity index (χ1n) is 14.4. The second kappa shape index (κ2) is 13.2. The van der Waals surface area contributed by atoms with Crippen molar-refractivity contribution in [2.45, 2.75) is 85.1 Å². The van der Waals surface area contributed by atoms with E-state index >= 15 is 0 Å². The maximum atomic E-state index is 13.1. The first-order chi connectivity index (χ1) is 19.5. The zero-order valence-electron chi connectivity index (χ0n) is 26.6. The number of aromatic hydroxyl groups is 1. The second-order valence-electron chi connectivity index (χ2n) is 13.5. The molecular formula is C34H47N3O4S. The molecule has 0 aliphatic heterocycles. The summed E-state index contributed by atoms with van der Waals surface area (Å²) < 4.78 is 11.8. The zero-order valence-corrected chi connectivity index (χ0v) is 27.4. The highest BCUT2D eigenvalue weighted by Gasteiger charge is 2.29. The predicted octanol–water partition coefficient (Wildman–Crippen LogP) is 7.94. The third-order valence-electron chi connectivity index (χ3n) is 6.89. The molecule has 1 heterocycles. The van der Waals surface area contributed by atoms with E-state index in [9.17, 15) is 9.90 Å². The number of aliphatic imine (C=N–C) groups is 1. The van der Waals surface area contributed by atoms with Gasteiger partial charge in [-0.2, -0.15) is 0 Å². The Balaban J connectivity index is 1.60. The van der Waals surface area contributed by atoms with Crippen LogP contribution < -0.4 is 10.5 Å². The van der Waals surface area contributed by atoms with Crippen LogP contribution in [0.5, 0.6) is 11.5 Å². The smallest absolute Gasteiger partial charge is 0.410 e. The number of carbonyl (C=O) groups is 1. The Morgan fingerprint density at radius 2 is 1.52 bits per heavy atom. The molecule has 228 valence electrons. The molecule has 0 saturated carbocycles. The van der Waals surface area contributed by atoms with Crippen molar-refractivity contribution in [3.8, 4) is 11.5 Å². The third-order valence-corrected chi connectivity index (χ3v) is 7.78. The van der Waals surface area contributed by atoms with Crippen LogP contribution in [-0.4, -0.2) is 47.2 Å². The second-order valence-corrected chi connectivity index (χ2v) is 14.5. The highest BCUT2D eigenvalue weighted by molar-refractivity contribution is 7.12. The molecule has 0 aliphatic carbocycles. The molecule has 0 fully saturated rings. The molecule has 1 aromatic heterocycles. The van der Waals surface area contributed by atoms with E-state index in [0.29, 0.717) is 36.9 Å². The van der Waals surface area contributed by atoms with Crippen molar-refractivity contribution in [3.63, 3.8) is 0 Å². The number of thiophene rings is 1. The highest BCUT2D eigenvalue weighted by Crippen LogP contribution is 2.41. The van der Waals surface area contributed by atoms with Crippen LogP contribution >= 0.6 is 11.3 Å². The molecule has 0 unspecified atom stereocenters. The van der Waals surface area contributed by atoms with E-state index in [0.717, 1.165) is 27.3 Å². The molecule has 2 aromatic carbocycles. The average molecular weight is 594 g/mol. The Morgan fingerprint density at radius 3 is 2.02 bits per heavy atom. The van der Waals surface area contributed by atoms with Crippen LogP contribution in [0.4, 0.5) is 10.5 Å². The van der Waals surface area contributed by atoms with Gasteiger partial charge in [-0.3, -0.25) is 4.90 Å². The Bertz CT molecular complexity index is 1320. The summed E-state index contributed by atoms with van der Waals surface area (Å²) in [5, 5.41) is 13.0. The number of phenolic OH excluding ortho intramolecular Hbond substituents is 1. The van der Waals surface area contributed by atoms with Crippen LogP contribution in [0.1, 0.15) is 83.9 Å². The lowest BCUT2D eigenvalue weighted by atomic mass is 9.79. The summed E-state index contributed by atoms with van der Waals surface area (Å²) in [4.78, 5) is 20.2. The molecule has 0 aliphatic rings. The van der Waals surface area contributed by atoms with Crippen LogP contribution in [0, 0.1) is 0 Å². The Kier molecular flexibility index (Phi) is 10.4. The van der Waals surface area contributed by atoms with E-state index in [-0.39, 0.29) is 23.5 Å². The van der Waals surface area contributed by atoms with Crippen molar-refractivity contribution in [1.29, 1.82) is 0 Å². The fraction of sp³-hybridized carbons (Fsp3) is 0.471. The normalized spacial score (nSPS) is 12.7. The van der Waals surface area contributed by atoms with Crippen LogP contribution in [0.2, 0.25) is 0 Å². The maximum absolute atomic E-state index is 13.1. The molecule has 0 spiro atoms. The number of phenols is 1. The number of nitrogens with zero attached hydrogens (tertiary/aromatic N) is 2. The Labute approximate surface area is 255 Å². The maximum Gasteiger partial charge on any atom is 0.410 e. The lowest BCUT2D eigenvalue weighted by Crippen LogP contribution is -2.48. The molecular weight excluding hydrogens is 546 g/mol. The van der Waals surface area contributed by atoms with Gasteiger partial charge in [0.05, 0.1) is 23.7 Å². The Hall–Kier alpha value is -3.52. The minimum absolute atomic E-state index is 0.254. The van der Waals surface area contributed by atoms with Crippen LogP contribution in [0.25, 0.3) is 0 Å². The van der Waals surface area contributed by atoms with E-state index in [2.05, 4.69) is 46.5 Å². The van der Waals surface area contributed by atoms with Gasteiger partial charge in [0.15, 0.2) is 0 Å². The summed E-state index contributed by atoms with van der Waals surface area (Å²) in [5.74, 6) is 1.48. The predicted molar refractivity (Wildman–Crippen MR) is 174 cm³/mol. The van der Waals surface area contributed by atoms with Gasteiger partial charge in [-0.25, -0.2) is 9.79 Å². The number of carbonyl (C=O) groups excluding carboxylic acids is 1. The lowest BCUT2D eigenvalue weighted by Gasteiger charge is -2.34. The van der Waals surface area contributed by atoms with Gasteiger partial charge >= 0.3 is 6.09 Å². The number of benzene rings is 2. The minimum atomic E-state index is -0.454. The van der Waals surface area contributed by atoms with E-state index in [1.807, 2.05) is 74.7 Å². The highest BCUT2D eigenvalue weighted by atomic mass is 32.1. The number of nitrogens with two attached hydrogens (primary N) is 1. The summed E-state index contributed by atoms with van der Waals surface area (Å²) in [5.41, 5.74) is 8.61. The SMILES string of the molecule is CC(C)(C)c1cc(OCCN(C(=O)OCCc2ccc(N=C(N)c3cccs3)cc2)C(C)(C)C)cc(C(C)(C)C)c1O. The van der Waals surface area contributed by atoms with Crippen LogP contribution in [0.15, 0.2) is 58.9 Å². The van der Waals surface area contributed by atoms with Crippen molar-refractivity contribution in [1.82, 2.24) is 4.90 Å². The van der Waals surface area contributed by atoms with Gasteiger partial charge in [0.2, 0.25) is 0 Å². The topological polar surface area (TPSA) is 97.4 Å². The fourth-order valence-electron chi connectivity index (χ4n) is 4.48. The summed E-state index contributed by atoms with van der Waals surface area (Å²) >= 11 is 1.55. The molecule has 0 saturated heterocycles. The zero-order chi connectivity index (χ0) is 31.3. The summed E-state index contributed by atoms with van der Waals surface area (Å²) in [6.45, 7) is 19.3. The van der Waals surface area contributed by atoms with Crippen molar-refractivity contribution in [2.75, 3.05) is 19.8 Å². The third kappa shape index (κ3) is 8.99.